The molecule has 1 heterocycles. The molecule has 96 valence electrons. The SMILES string of the molecule is Cc1cc(NC(=O)COc2ccccc2C#N)on1. The van der Waals surface area contributed by atoms with Gasteiger partial charge in [-0.3, -0.25) is 10.1 Å². The normalized spacial score (nSPS) is 9.68. The van der Waals surface area contributed by atoms with Crippen molar-refractivity contribution in [3.63, 3.8) is 0 Å². The monoisotopic (exact) mass is 257 g/mol. The van der Waals surface area contributed by atoms with Crippen LogP contribution in [0.3, 0.4) is 0 Å². The molecule has 1 N–H and O–H groups in total. The highest BCUT2D eigenvalue weighted by Crippen LogP contribution is 2.16. The number of anilines is 1. The molecule has 0 radical (unpaired) electrons. The minimum Gasteiger partial charge on any atom is -0.482 e. The topological polar surface area (TPSA) is 88.1 Å². The highest BCUT2D eigenvalue weighted by molar-refractivity contribution is 5.90. The fourth-order valence-corrected chi connectivity index (χ4v) is 1.42. The van der Waals surface area contributed by atoms with E-state index in [0.29, 0.717) is 17.0 Å². The van der Waals surface area contributed by atoms with E-state index in [1.54, 1.807) is 37.3 Å². The highest BCUT2D eigenvalue weighted by atomic mass is 16.5. The molecule has 0 aliphatic heterocycles. The summed E-state index contributed by atoms with van der Waals surface area (Å²) >= 11 is 0. The molecule has 0 saturated carbocycles. The van der Waals surface area contributed by atoms with Crippen molar-refractivity contribution < 1.29 is 14.1 Å². The fourth-order valence-electron chi connectivity index (χ4n) is 1.42. The first-order valence-electron chi connectivity index (χ1n) is 5.54. The second-order valence-electron chi connectivity index (χ2n) is 3.78. The van der Waals surface area contributed by atoms with Crippen LogP contribution in [0, 0.1) is 18.3 Å². The van der Waals surface area contributed by atoms with Gasteiger partial charge in [-0.25, -0.2) is 0 Å². The molecule has 6 heteroatoms. The van der Waals surface area contributed by atoms with Gasteiger partial charge in [0.05, 0.1) is 11.3 Å². The van der Waals surface area contributed by atoms with E-state index in [1.165, 1.54) is 0 Å². The molecule has 2 aromatic rings. The number of rotatable bonds is 4. The Morgan fingerprint density at radius 2 is 2.32 bits per heavy atom. The van der Waals surface area contributed by atoms with E-state index in [2.05, 4.69) is 10.5 Å². The zero-order chi connectivity index (χ0) is 13.7. The zero-order valence-corrected chi connectivity index (χ0v) is 10.2. The van der Waals surface area contributed by atoms with Crippen molar-refractivity contribution in [1.82, 2.24) is 5.16 Å². The molecule has 0 atom stereocenters. The van der Waals surface area contributed by atoms with Gasteiger partial charge < -0.3 is 9.26 Å². The molecular weight excluding hydrogens is 246 g/mol. The van der Waals surface area contributed by atoms with E-state index in [1.807, 2.05) is 6.07 Å². The van der Waals surface area contributed by atoms with Crippen LogP contribution >= 0.6 is 0 Å². The fraction of sp³-hybridized carbons (Fsp3) is 0.154. The van der Waals surface area contributed by atoms with Crippen LogP contribution in [0.2, 0.25) is 0 Å². The van der Waals surface area contributed by atoms with Crippen LogP contribution in [0.1, 0.15) is 11.3 Å². The van der Waals surface area contributed by atoms with E-state index in [-0.39, 0.29) is 18.4 Å². The van der Waals surface area contributed by atoms with Crippen LogP contribution < -0.4 is 10.1 Å². The van der Waals surface area contributed by atoms with Crippen molar-refractivity contribution in [3.8, 4) is 11.8 Å². The van der Waals surface area contributed by atoms with Crippen molar-refractivity contribution >= 4 is 11.8 Å². The van der Waals surface area contributed by atoms with E-state index >= 15 is 0 Å². The van der Waals surface area contributed by atoms with Crippen molar-refractivity contribution in [2.24, 2.45) is 0 Å². The van der Waals surface area contributed by atoms with Crippen molar-refractivity contribution in [1.29, 1.82) is 5.26 Å². The number of aryl methyl sites for hydroxylation is 1. The van der Waals surface area contributed by atoms with E-state index < -0.39 is 0 Å². The Morgan fingerprint density at radius 3 is 3.00 bits per heavy atom. The maximum absolute atomic E-state index is 11.6. The number of carbonyl (C=O) groups is 1. The third-order valence-corrected chi connectivity index (χ3v) is 2.26. The van der Waals surface area contributed by atoms with Gasteiger partial charge in [-0.15, -0.1) is 0 Å². The van der Waals surface area contributed by atoms with Crippen LogP contribution in [-0.2, 0) is 4.79 Å². The van der Waals surface area contributed by atoms with Crippen LogP contribution in [0.25, 0.3) is 0 Å². The minimum absolute atomic E-state index is 0.210. The highest BCUT2D eigenvalue weighted by Gasteiger charge is 2.09. The third kappa shape index (κ3) is 3.33. The number of carbonyl (C=O) groups excluding carboxylic acids is 1. The summed E-state index contributed by atoms with van der Waals surface area (Å²) in [5.41, 5.74) is 1.05. The minimum atomic E-state index is -0.385. The average Bonchev–Trinajstić information content (AvgIpc) is 2.82. The summed E-state index contributed by atoms with van der Waals surface area (Å²) in [4.78, 5) is 11.6. The molecule has 19 heavy (non-hydrogen) atoms. The number of ether oxygens (including phenoxy) is 1. The molecule has 6 nitrogen and oxygen atoms in total. The zero-order valence-electron chi connectivity index (χ0n) is 10.2. The smallest absolute Gasteiger partial charge is 0.264 e. The number of nitrogens with zero attached hydrogens (tertiary/aromatic N) is 2. The first-order valence-corrected chi connectivity index (χ1v) is 5.54. The van der Waals surface area contributed by atoms with Gasteiger partial charge in [-0.1, -0.05) is 17.3 Å². The molecule has 2 rings (SSSR count). The van der Waals surface area contributed by atoms with Gasteiger partial charge in [0, 0.05) is 6.07 Å². The number of nitrogens with one attached hydrogen (secondary N) is 1. The lowest BCUT2D eigenvalue weighted by molar-refractivity contribution is -0.118. The van der Waals surface area contributed by atoms with Gasteiger partial charge in [-0.05, 0) is 19.1 Å². The number of aromatic nitrogens is 1. The predicted octanol–water partition coefficient (Wildman–Crippen LogP) is 1.87. The summed E-state index contributed by atoms with van der Waals surface area (Å²) in [6.07, 6.45) is 0. The number of benzene rings is 1. The Kier molecular flexibility index (Phi) is 3.78. The average molecular weight is 257 g/mol. The second kappa shape index (κ2) is 5.69. The maximum Gasteiger partial charge on any atom is 0.264 e. The molecule has 0 spiro atoms. The molecule has 1 aromatic carbocycles. The first kappa shape index (κ1) is 12.6. The van der Waals surface area contributed by atoms with Crippen LogP contribution in [-0.4, -0.2) is 17.7 Å². The summed E-state index contributed by atoms with van der Waals surface area (Å²) in [6, 6.07) is 10.3. The summed E-state index contributed by atoms with van der Waals surface area (Å²) < 4.78 is 10.1. The largest absolute Gasteiger partial charge is 0.482 e. The quantitative estimate of drug-likeness (QED) is 0.903. The number of hydrogen-bond donors (Lipinski definition) is 1. The standard InChI is InChI=1S/C13H11N3O3/c1-9-6-13(19-16-9)15-12(17)8-18-11-5-3-2-4-10(11)7-14/h2-6H,8H2,1H3,(H,15,17). The van der Waals surface area contributed by atoms with Crippen molar-refractivity contribution in [2.45, 2.75) is 6.92 Å². The van der Waals surface area contributed by atoms with Crippen molar-refractivity contribution in [2.75, 3.05) is 11.9 Å². The molecule has 0 aliphatic carbocycles. The molecule has 0 saturated heterocycles. The predicted molar refractivity (Wildman–Crippen MR) is 66.5 cm³/mol. The van der Waals surface area contributed by atoms with E-state index in [9.17, 15) is 4.79 Å². The lowest BCUT2D eigenvalue weighted by atomic mass is 10.2. The second-order valence-corrected chi connectivity index (χ2v) is 3.78. The Labute approximate surface area is 109 Å². The van der Waals surface area contributed by atoms with Crippen LogP contribution in [0.4, 0.5) is 5.88 Å². The lowest BCUT2D eigenvalue weighted by Gasteiger charge is -2.06. The number of hydrogen-bond acceptors (Lipinski definition) is 5. The summed E-state index contributed by atoms with van der Waals surface area (Å²) in [5, 5.41) is 15.0. The van der Waals surface area contributed by atoms with Gasteiger partial charge >= 0.3 is 0 Å². The molecule has 0 unspecified atom stereocenters. The van der Waals surface area contributed by atoms with E-state index in [0.717, 1.165) is 0 Å². The van der Waals surface area contributed by atoms with Crippen molar-refractivity contribution in [3.05, 3.63) is 41.6 Å². The molecule has 0 aliphatic rings. The number of para-hydroxylation sites is 1. The summed E-state index contributed by atoms with van der Waals surface area (Å²) in [7, 11) is 0. The lowest BCUT2D eigenvalue weighted by Crippen LogP contribution is -2.20. The van der Waals surface area contributed by atoms with E-state index in [4.69, 9.17) is 14.5 Å². The van der Waals surface area contributed by atoms with Gasteiger partial charge in [-0.2, -0.15) is 5.26 Å². The van der Waals surface area contributed by atoms with Gasteiger partial charge in [0.2, 0.25) is 5.88 Å². The van der Waals surface area contributed by atoms with Gasteiger partial charge in [0.1, 0.15) is 11.8 Å². The third-order valence-electron chi connectivity index (χ3n) is 2.26. The molecular formula is C13H11N3O3. The number of nitriles is 1. The Morgan fingerprint density at radius 1 is 1.53 bits per heavy atom. The van der Waals surface area contributed by atoms with Gasteiger partial charge in [0.15, 0.2) is 6.61 Å². The maximum atomic E-state index is 11.6. The molecule has 0 fully saturated rings. The molecule has 1 amide bonds. The molecule has 0 bridgehead atoms. The number of amides is 1. The molecule has 1 aromatic heterocycles. The Balaban J connectivity index is 1.92. The summed E-state index contributed by atoms with van der Waals surface area (Å²) in [6.45, 7) is 1.54. The summed E-state index contributed by atoms with van der Waals surface area (Å²) in [5.74, 6) is 0.248. The van der Waals surface area contributed by atoms with Crippen LogP contribution in [0.15, 0.2) is 34.9 Å². The Bertz CT molecular complexity index is 628. The van der Waals surface area contributed by atoms with Gasteiger partial charge in [0.25, 0.3) is 5.91 Å². The first-order chi connectivity index (χ1) is 9.19. The Hall–Kier alpha value is -2.81. The van der Waals surface area contributed by atoms with Crippen LogP contribution in [0.5, 0.6) is 5.75 Å².